The number of thiophene rings is 1. The Morgan fingerprint density at radius 2 is 2.14 bits per heavy atom. The van der Waals surface area contributed by atoms with E-state index in [2.05, 4.69) is 24.1 Å². The number of benzene rings is 1. The third kappa shape index (κ3) is 4.19. The summed E-state index contributed by atoms with van der Waals surface area (Å²) in [6.45, 7) is 3.84. The minimum Gasteiger partial charge on any atom is -0.384 e. The van der Waals surface area contributed by atoms with Crippen molar-refractivity contribution in [1.29, 1.82) is 0 Å². The van der Waals surface area contributed by atoms with E-state index >= 15 is 0 Å². The molecule has 0 saturated heterocycles. The third-order valence-electron chi connectivity index (χ3n) is 2.88. The van der Waals surface area contributed by atoms with Crippen molar-refractivity contribution >= 4 is 22.9 Å². The van der Waals surface area contributed by atoms with E-state index in [-0.39, 0.29) is 12.5 Å². The summed E-state index contributed by atoms with van der Waals surface area (Å²) in [5.41, 5.74) is 2.50. The SMILES string of the molecule is CCc1ccc(C(=O)Nc2cc(C)cc(C#CCO)c2)s1. The average Bonchev–Trinajstić information content (AvgIpc) is 2.93. The monoisotopic (exact) mass is 299 g/mol. The second-order valence-electron chi connectivity index (χ2n) is 4.62. The number of aliphatic hydroxyl groups excluding tert-OH is 1. The zero-order valence-corrected chi connectivity index (χ0v) is 12.9. The second kappa shape index (κ2) is 7.07. The maximum absolute atomic E-state index is 12.2. The first-order valence-corrected chi connectivity index (χ1v) is 7.55. The highest BCUT2D eigenvalue weighted by Gasteiger charge is 2.09. The lowest BCUT2D eigenvalue weighted by Crippen LogP contribution is -2.10. The molecule has 2 aromatic rings. The number of hydrogen-bond acceptors (Lipinski definition) is 3. The highest BCUT2D eigenvalue weighted by Crippen LogP contribution is 2.20. The number of carbonyl (C=O) groups is 1. The number of nitrogens with one attached hydrogen (secondary N) is 1. The van der Waals surface area contributed by atoms with Crippen molar-refractivity contribution in [2.45, 2.75) is 20.3 Å². The summed E-state index contributed by atoms with van der Waals surface area (Å²) in [7, 11) is 0. The first-order chi connectivity index (χ1) is 10.1. The normalized spacial score (nSPS) is 9.86. The van der Waals surface area contributed by atoms with E-state index in [1.807, 2.05) is 37.3 Å². The molecule has 0 bridgehead atoms. The fourth-order valence-electron chi connectivity index (χ4n) is 1.95. The molecule has 4 heteroatoms. The lowest BCUT2D eigenvalue weighted by molar-refractivity contribution is 0.103. The number of aryl methyl sites for hydroxylation is 2. The molecule has 0 aliphatic heterocycles. The Hall–Kier alpha value is -2.09. The van der Waals surface area contributed by atoms with Gasteiger partial charge in [-0.2, -0.15) is 0 Å². The largest absolute Gasteiger partial charge is 0.384 e. The molecule has 0 unspecified atom stereocenters. The van der Waals surface area contributed by atoms with Gasteiger partial charge >= 0.3 is 0 Å². The summed E-state index contributed by atoms with van der Waals surface area (Å²) in [4.78, 5) is 14.1. The van der Waals surface area contributed by atoms with Gasteiger partial charge in [-0.15, -0.1) is 11.3 Å². The lowest BCUT2D eigenvalue weighted by atomic mass is 10.1. The fourth-order valence-corrected chi connectivity index (χ4v) is 2.79. The van der Waals surface area contributed by atoms with Crippen LogP contribution in [0.2, 0.25) is 0 Å². The number of amides is 1. The molecule has 0 saturated carbocycles. The fraction of sp³-hybridized carbons (Fsp3) is 0.235. The number of rotatable bonds is 3. The van der Waals surface area contributed by atoms with E-state index in [0.717, 1.165) is 17.5 Å². The summed E-state index contributed by atoms with van der Waals surface area (Å²) in [5, 5.41) is 11.6. The first-order valence-electron chi connectivity index (χ1n) is 6.74. The Labute approximate surface area is 128 Å². The van der Waals surface area contributed by atoms with Crippen molar-refractivity contribution < 1.29 is 9.90 Å². The van der Waals surface area contributed by atoms with Gasteiger partial charge in [0, 0.05) is 16.1 Å². The van der Waals surface area contributed by atoms with Gasteiger partial charge in [0.05, 0.1) is 4.88 Å². The van der Waals surface area contributed by atoms with Gasteiger partial charge in [-0.1, -0.05) is 18.8 Å². The number of carbonyl (C=O) groups excluding carboxylic acids is 1. The molecule has 2 N–H and O–H groups in total. The van der Waals surface area contributed by atoms with Gasteiger partial charge in [-0.05, 0) is 49.2 Å². The minimum absolute atomic E-state index is 0.105. The van der Waals surface area contributed by atoms with E-state index < -0.39 is 0 Å². The number of aliphatic hydroxyl groups is 1. The highest BCUT2D eigenvalue weighted by atomic mass is 32.1. The maximum Gasteiger partial charge on any atom is 0.265 e. The molecule has 0 atom stereocenters. The quantitative estimate of drug-likeness (QED) is 0.855. The molecule has 3 nitrogen and oxygen atoms in total. The molecular weight excluding hydrogens is 282 g/mol. The molecule has 0 spiro atoms. The van der Waals surface area contributed by atoms with E-state index in [1.54, 1.807) is 0 Å². The molecule has 0 radical (unpaired) electrons. The van der Waals surface area contributed by atoms with Gasteiger partial charge in [0.2, 0.25) is 0 Å². The molecule has 108 valence electrons. The first kappa shape index (κ1) is 15.3. The maximum atomic E-state index is 12.2. The number of anilines is 1. The number of hydrogen-bond donors (Lipinski definition) is 2. The van der Waals surface area contributed by atoms with Crippen LogP contribution in [0, 0.1) is 18.8 Å². The van der Waals surface area contributed by atoms with Crippen LogP contribution in [0.15, 0.2) is 30.3 Å². The summed E-state index contributed by atoms with van der Waals surface area (Å²) < 4.78 is 0. The smallest absolute Gasteiger partial charge is 0.265 e. The van der Waals surface area contributed by atoms with Crippen molar-refractivity contribution in [1.82, 2.24) is 0 Å². The molecule has 1 heterocycles. The summed E-state index contributed by atoms with van der Waals surface area (Å²) in [5.74, 6) is 5.36. The van der Waals surface area contributed by atoms with Crippen LogP contribution in [-0.4, -0.2) is 17.6 Å². The van der Waals surface area contributed by atoms with Crippen molar-refractivity contribution in [3.8, 4) is 11.8 Å². The minimum atomic E-state index is -0.176. The van der Waals surface area contributed by atoms with Gasteiger partial charge in [0.1, 0.15) is 6.61 Å². The summed E-state index contributed by atoms with van der Waals surface area (Å²) in [6, 6.07) is 9.45. The second-order valence-corrected chi connectivity index (χ2v) is 5.79. The zero-order chi connectivity index (χ0) is 15.2. The predicted octanol–water partition coefficient (Wildman–Crippen LogP) is 3.22. The molecule has 0 aliphatic rings. The van der Waals surface area contributed by atoms with Crippen molar-refractivity contribution in [2.24, 2.45) is 0 Å². The third-order valence-corrected chi connectivity index (χ3v) is 4.11. The Balaban J connectivity index is 2.18. The molecular formula is C17H17NO2S. The Morgan fingerprint density at radius 3 is 2.81 bits per heavy atom. The summed E-state index contributed by atoms with van der Waals surface area (Å²) in [6.07, 6.45) is 0.934. The van der Waals surface area contributed by atoms with Gasteiger partial charge in [0.25, 0.3) is 5.91 Å². The van der Waals surface area contributed by atoms with E-state index in [9.17, 15) is 4.79 Å². The molecule has 1 aromatic heterocycles. The Morgan fingerprint density at radius 1 is 1.33 bits per heavy atom. The molecule has 21 heavy (non-hydrogen) atoms. The van der Waals surface area contributed by atoms with Gasteiger partial charge in [-0.25, -0.2) is 0 Å². The molecule has 2 rings (SSSR count). The lowest BCUT2D eigenvalue weighted by Gasteiger charge is -2.06. The topological polar surface area (TPSA) is 49.3 Å². The predicted molar refractivity (Wildman–Crippen MR) is 86.8 cm³/mol. The van der Waals surface area contributed by atoms with Crippen LogP contribution in [-0.2, 0) is 6.42 Å². The average molecular weight is 299 g/mol. The molecule has 0 aliphatic carbocycles. The van der Waals surface area contributed by atoms with Gasteiger partial charge in [-0.3, -0.25) is 4.79 Å². The van der Waals surface area contributed by atoms with Crippen molar-refractivity contribution in [2.75, 3.05) is 11.9 Å². The Kier molecular flexibility index (Phi) is 5.15. The van der Waals surface area contributed by atoms with Crippen LogP contribution in [0.3, 0.4) is 0 Å². The highest BCUT2D eigenvalue weighted by molar-refractivity contribution is 7.14. The molecule has 1 aromatic carbocycles. The van der Waals surface area contributed by atoms with Crippen LogP contribution in [0.5, 0.6) is 0 Å². The van der Waals surface area contributed by atoms with Gasteiger partial charge < -0.3 is 10.4 Å². The van der Waals surface area contributed by atoms with E-state index in [0.29, 0.717) is 10.6 Å². The van der Waals surface area contributed by atoms with E-state index in [1.165, 1.54) is 16.2 Å². The standard InChI is InChI=1S/C17H17NO2S/c1-3-15-6-7-16(21-15)17(20)18-14-10-12(2)9-13(11-14)5-4-8-19/h6-7,9-11,19H,3,8H2,1-2H3,(H,18,20). The van der Waals surface area contributed by atoms with Crippen LogP contribution in [0.1, 0.15) is 32.6 Å². The van der Waals surface area contributed by atoms with Crippen molar-refractivity contribution in [3.63, 3.8) is 0 Å². The summed E-state index contributed by atoms with van der Waals surface area (Å²) >= 11 is 1.51. The molecule has 1 amide bonds. The van der Waals surface area contributed by atoms with Crippen LogP contribution < -0.4 is 5.32 Å². The zero-order valence-electron chi connectivity index (χ0n) is 12.1. The van der Waals surface area contributed by atoms with Crippen LogP contribution in [0.25, 0.3) is 0 Å². The molecule has 0 fully saturated rings. The van der Waals surface area contributed by atoms with Crippen LogP contribution >= 0.6 is 11.3 Å². The van der Waals surface area contributed by atoms with Crippen molar-refractivity contribution in [3.05, 3.63) is 51.2 Å². The Bertz CT molecular complexity index is 707. The van der Waals surface area contributed by atoms with E-state index in [4.69, 9.17) is 5.11 Å². The van der Waals surface area contributed by atoms with Crippen LogP contribution in [0.4, 0.5) is 5.69 Å². The van der Waals surface area contributed by atoms with Gasteiger partial charge in [0.15, 0.2) is 0 Å².